The van der Waals surface area contributed by atoms with Crippen molar-refractivity contribution in [3.63, 3.8) is 0 Å². The molecule has 4 rings (SSSR count). The first-order valence-corrected chi connectivity index (χ1v) is 12.1. The van der Waals surface area contributed by atoms with Crippen molar-refractivity contribution in [2.75, 3.05) is 11.9 Å². The minimum atomic E-state index is -5.05. The molecular formula is C27H26F6N4O2. The SMILES string of the molecule is Cn1cccc1CN(Cc1ccccc1)C(=O)CN(C(=O)Nc1cc(C(F)(F)F)cc(C(F)(F)F)c1)C1CC1. The topological polar surface area (TPSA) is 57.6 Å². The maximum atomic E-state index is 13.5. The summed E-state index contributed by atoms with van der Waals surface area (Å²) >= 11 is 0. The summed E-state index contributed by atoms with van der Waals surface area (Å²) in [5.41, 5.74) is -2.06. The zero-order valence-corrected chi connectivity index (χ0v) is 20.9. The van der Waals surface area contributed by atoms with Gasteiger partial charge in [0, 0.05) is 37.2 Å². The fourth-order valence-electron chi connectivity index (χ4n) is 4.11. The highest BCUT2D eigenvalue weighted by Gasteiger charge is 2.38. The molecule has 12 heteroatoms. The van der Waals surface area contributed by atoms with E-state index in [-0.39, 0.29) is 25.2 Å². The van der Waals surface area contributed by atoms with E-state index in [4.69, 9.17) is 0 Å². The Morgan fingerprint density at radius 3 is 2.03 bits per heavy atom. The monoisotopic (exact) mass is 552 g/mol. The molecule has 0 unspecified atom stereocenters. The van der Waals surface area contributed by atoms with Gasteiger partial charge in [0.25, 0.3) is 0 Å². The molecule has 1 aromatic heterocycles. The lowest BCUT2D eigenvalue weighted by atomic mass is 10.1. The van der Waals surface area contributed by atoms with Crippen LogP contribution in [0.5, 0.6) is 0 Å². The molecule has 208 valence electrons. The molecule has 1 aliphatic rings. The Hall–Kier alpha value is -3.96. The molecule has 1 aliphatic carbocycles. The number of alkyl halides is 6. The number of hydrogen-bond donors (Lipinski definition) is 1. The highest BCUT2D eigenvalue weighted by molar-refractivity contribution is 5.93. The molecular weight excluding hydrogens is 526 g/mol. The van der Waals surface area contributed by atoms with Crippen molar-refractivity contribution in [2.24, 2.45) is 7.05 Å². The second-order valence-electron chi connectivity index (χ2n) is 9.43. The third-order valence-corrected chi connectivity index (χ3v) is 6.37. The number of hydrogen-bond acceptors (Lipinski definition) is 2. The van der Waals surface area contributed by atoms with Gasteiger partial charge in [-0.1, -0.05) is 30.3 Å². The molecule has 0 saturated heterocycles. The summed E-state index contributed by atoms with van der Waals surface area (Å²) in [5.74, 6) is -0.415. The van der Waals surface area contributed by atoms with Gasteiger partial charge in [0.05, 0.1) is 17.7 Å². The molecule has 3 aromatic rings. The molecule has 39 heavy (non-hydrogen) atoms. The first kappa shape index (κ1) is 28.1. The number of urea groups is 1. The van der Waals surface area contributed by atoms with Gasteiger partial charge in [0.2, 0.25) is 5.91 Å². The number of aromatic nitrogens is 1. The number of rotatable bonds is 8. The van der Waals surface area contributed by atoms with Crippen LogP contribution in [0, 0.1) is 0 Å². The number of nitrogens with zero attached hydrogens (tertiary/aromatic N) is 3. The number of benzene rings is 2. The lowest BCUT2D eigenvalue weighted by Gasteiger charge is -2.28. The summed E-state index contributed by atoms with van der Waals surface area (Å²) in [7, 11) is 1.83. The molecule has 6 nitrogen and oxygen atoms in total. The van der Waals surface area contributed by atoms with Crippen LogP contribution in [0.2, 0.25) is 0 Å². The second-order valence-corrected chi connectivity index (χ2v) is 9.43. The van der Waals surface area contributed by atoms with Crippen LogP contribution in [0.25, 0.3) is 0 Å². The van der Waals surface area contributed by atoms with Crippen molar-refractivity contribution in [2.45, 2.75) is 44.3 Å². The second kappa shape index (κ2) is 11.0. The molecule has 1 saturated carbocycles. The van der Waals surface area contributed by atoms with E-state index in [0.29, 0.717) is 25.0 Å². The lowest BCUT2D eigenvalue weighted by Crippen LogP contribution is -2.45. The van der Waals surface area contributed by atoms with Crippen molar-refractivity contribution < 1.29 is 35.9 Å². The molecule has 0 atom stereocenters. The maximum absolute atomic E-state index is 13.5. The molecule has 1 fully saturated rings. The van der Waals surface area contributed by atoms with Crippen molar-refractivity contribution in [1.29, 1.82) is 0 Å². The quantitative estimate of drug-likeness (QED) is 0.334. The number of amides is 3. The maximum Gasteiger partial charge on any atom is 0.416 e. The van der Waals surface area contributed by atoms with Gasteiger partial charge in [0.1, 0.15) is 6.54 Å². The molecule has 0 aliphatic heterocycles. The Morgan fingerprint density at radius 1 is 0.897 bits per heavy atom. The minimum Gasteiger partial charge on any atom is -0.353 e. The predicted octanol–water partition coefficient (Wildman–Crippen LogP) is 6.29. The average Bonchev–Trinajstić information content (AvgIpc) is 3.63. The lowest BCUT2D eigenvalue weighted by molar-refractivity contribution is -0.143. The first-order chi connectivity index (χ1) is 18.3. The largest absolute Gasteiger partial charge is 0.416 e. The minimum absolute atomic E-state index is 0.0110. The molecule has 1 N–H and O–H groups in total. The highest BCUT2D eigenvalue weighted by Crippen LogP contribution is 2.38. The summed E-state index contributed by atoms with van der Waals surface area (Å²) in [4.78, 5) is 29.3. The van der Waals surface area contributed by atoms with Gasteiger partial charge >= 0.3 is 18.4 Å². The molecule has 1 heterocycles. The van der Waals surface area contributed by atoms with Crippen LogP contribution in [0.4, 0.5) is 36.8 Å². The zero-order valence-electron chi connectivity index (χ0n) is 20.9. The van der Waals surface area contributed by atoms with Crippen molar-refractivity contribution in [1.82, 2.24) is 14.4 Å². The normalized spacial score (nSPS) is 13.7. The molecule has 0 bridgehead atoms. The van der Waals surface area contributed by atoms with Gasteiger partial charge in [0.15, 0.2) is 0 Å². The molecule has 3 amide bonds. The van der Waals surface area contributed by atoms with E-state index in [0.717, 1.165) is 11.3 Å². The number of carbonyl (C=O) groups is 2. The number of nitrogens with one attached hydrogen (secondary N) is 1. The third-order valence-electron chi connectivity index (χ3n) is 6.37. The van der Waals surface area contributed by atoms with Crippen LogP contribution in [0.3, 0.4) is 0 Å². The number of anilines is 1. The fourth-order valence-corrected chi connectivity index (χ4v) is 4.11. The summed E-state index contributed by atoms with van der Waals surface area (Å²) in [5, 5.41) is 2.15. The van der Waals surface area contributed by atoms with Gasteiger partial charge < -0.3 is 19.7 Å². The summed E-state index contributed by atoms with van der Waals surface area (Å²) in [6.07, 6.45) is -7.15. The van der Waals surface area contributed by atoms with E-state index in [2.05, 4.69) is 5.32 Å². The summed E-state index contributed by atoms with van der Waals surface area (Å²) < 4.78 is 81.4. The highest BCUT2D eigenvalue weighted by atomic mass is 19.4. The number of carbonyl (C=O) groups excluding carboxylic acids is 2. The van der Waals surface area contributed by atoms with E-state index in [9.17, 15) is 35.9 Å². The van der Waals surface area contributed by atoms with E-state index < -0.39 is 47.6 Å². The Kier molecular flexibility index (Phi) is 7.94. The van der Waals surface area contributed by atoms with Crippen LogP contribution >= 0.6 is 0 Å². The Balaban J connectivity index is 1.55. The van der Waals surface area contributed by atoms with Gasteiger partial charge in [-0.3, -0.25) is 4.79 Å². The van der Waals surface area contributed by atoms with Crippen LogP contribution in [-0.2, 0) is 37.3 Å². The average molecular weight is 553 g/mol. The van der Waals surface area contributed by atoms with Gasteiger partial charge in [-0.2, -0.15) is 26.3 Å². The summed E-state index contributed by atoms with van der Waals surface area (Å²) in [6, 6.07) is 12.4. The predicted molar refractivity (Wildman–Crippen MR) is 131 cm³/mol. The summed E-state index contributed by atoms with van der Waals surface area (Å²) in [6.45, 7) is 0.0896. The van der Waals surface area contributed by atoms with Crippen molar-refractivity contribution in [3.05, 3.63) is 89.2 Å². The standard InChI is InChI=1S/C27H26F6N4O2/c1-35-11-5-8-23(35)16-36(15-18-6-3-2-4-7-18)24(38)17-37(22-9-10-22)25(39)34-21-13-19(26(28,29)30)12-20(14-21)27(31,32)33/h2-8,11-14,22H,9-10,15-17H2,1H3,(H,34,39). The fraction of sp³-hybridized carbons (Fsp3) is 0.333. The van der Waals surface area contributed by atoms with Gasteiger partial charge in [-0.25, -0.2) is 4.79 Å². The molecule has 0 radical (unpaired) electrons. The van der Waals surface area contributed by atoms with Crippen LogP contribution < -0.4 is 5.32 Å². The molecule has 2 aromatic carbocycles. The number of aryl methyl sites for hydroxylation is 1. The zero-order chi connectivity index (χ0) is 28.4. The Bertz CT molecular complexity index is 1280. The number of halogens is 6. The van der Waals surface area contributed by atoms with E-state index >= 15 is 0 Å². The van der Waals surface area contributed by atoms with E-state index in [1.807, 2.05) is 60.3 Å². The van der Waals surface area contributed by atoms with Crippen molar-refractivity contribution in [3.8, 4) is 0 Å². The van der Waals surface area contributed by atoms with E-state index in [1.165, 1.54) is 4.90 Å². The van der Waals surface area contributed by atoms with Gasteiger partial charge in [-0.15, -0.1) is 0 Å². The smallest absolute Gasteiger partial charge is 0.353 e. The first-order valence-electron chi connectivity index (χ1n) is 12.1. The Labute approximate surface area is 220 Å². The van der Waals surface area contributed by atoms with Crippen LogP contribution in [0.15, 0.2) is 66.9 Å². The van der Waals surface area contributed by atoms with E-state index in [1.54, 1.807) is 4.90 Å². The van der Waals surface area contributed by atoms with Crippen molar-refractivity contribution >= 4 is 17.6 Å². The van der Waals surface area contributed by atoms with Crippen LogP contribution in [0.1, 0.15) is 35.2 Å². The van der Waals surface area contributed by atoms with Gasteiger partial charge in [-0.05, 0) is 48.7 Å². The van der Waals surface area contributed by atoms with Crippen LogP contribution in [-0.4, -0.2) is 38.9 Å². The third kappa shape index (κ3) is 7.33. The Morgan fingerprint density at radius 2 is 1.51 bits per heavy atom. The molecule has 0 spiro atoms.